The van der Waals surface area contributed by atoms with Gasteiger partial charge in [0, 0.05) is 17.5 Å². The maximum absolute atomic E-state index is 12.8. The smallest absolute Gasteiger partial charge is 0.123 e. The summed E-state index contributed by atoms with van der Waals surface area (Å²) in [6.45, 7) is 6.94. The molecule has 0 fully saturated rings. The van der Waals surface area contributed by atoms with Crippen LogP contribution >= 0.6 is 11.3 Å². The van der Waals surface area contributed by atoms with Gasteiger partial charge in [-0.05, 0) is 38.5 Å². The van der Waals surface area contributed by atoms with Gasteiger partial charge in [0.05, 0.1) is 10.7 Å². The second kappa shape index (κ2) is 5.59. The fraction of sp³-hybridized carbons (Fsp3) is 0.357. The number of rotatable bonds is 4. The van der Waals surface area contributed by atoms with Gasteiger partial charge in [-0.1, -0.05) is 12.1 Å². The van der Waals surface area contributed by atoms with Gasteiger partial charge in [0.15, 0.2) is 0 Å². The molecule has 0 aliphatic heterocycles. The zero-order chi connectivity index (χ0) is 13.1. The molecule has 2 aromatic rings. The largest absolute Gasteiger partial charge is 0.305 e. The van der Waals surface area contributed by atoms with Crippen LogP contribution in [0.5, 0.6) is 0 Å². The van der Waals surface area contributed by atoms with E-state index in [-0.39, 0.29) is 11.9 Å². The number of nitrogens with one attached hydrogen (secondary N) is 1. The Balaban J connectivity index is 1.98. The van der Waals surface area contributed by atoms with E-state index in [1.165, 1.54) is 17.0 Å². The molecule has 18 heavy (non-hydrogen) atoms. The monoisotopic (exact) mass is 264 g/mol. The molecular formula is C14H17FN2S. The maximum atomic E-state index is 12.8. The Morgan fingerprint density at radius 1 is 1.28 bits per heavy atom. The van der Waals surface area contributed by atoms with Crippen molar-refractivity contribution in [2.45, 2.75) is 33.4 Å². The number of halogens is 1. The standard InChI is InChI=1S/C14H17FN2S/c1-9(14-10(2)18-11(3)17-14)16-8-12-4-6-13(15)7-5-12/h4-7,9,16H,8H2,1-3H3. The van der Waals surface area contributed by atoms with Crippen molar-refractivity contribution in [3.05, 3.63) is 51.2 Å². The van der Waals surface area contributed by atoms with E-state index in [9.17, 15) is 4.39 Å². The van der Waals surface area contributed by atoms with Gasteiger partial charge in [-0.15, -0.1) is 11.3 Å². The molecule has 96 valence electrons. The van der Waals surface area contributed by atoms with Crippen LogP contribution in [0.15, 0.2) is 24.3 Å². The van der Waals surface area contributed by atoms with Crippen LogP contribution in [0.3, 0.4) is 0 Å². The van der Waals surface area contributed by atoms with Crippen molar-refractivity contribution >= 4 is 11.3 Å². The molecule has 0 bridgehead atoms. The summed E-state index contributed by atoms with van der Waals surface area (Å²) in [6.07, 6.45) is 0. The highest BCUT2D eigenvalue weighted by atomic mass is 32.1. The van der Waals surface area contributed by atoms with Crippen molar-refractivity contribution in [2.24, 2.45) is 0 Å². The predicted molar refractivity (Wildman–Crippen MR) is 73.2 cm³/mol. The summed E-state index contributed by atoms with van der Waals surface area (Å²) >= 11 is 1.72. The van der Waals surface area contributed by atoms with Gasteiger partial charge < -0.3 is 5.32 Å². The summed E-state index contributed by atoms with van der Waals surface area (Å²) in [5, 5.41) is 4.51. The van der Waals surface area contributed by atoms with Crippen molar-refractivity contribution < 1.29 is 4.39 Å². The van der Waals surface area contributed by atoms with Gasteiger partial charge in [-0.25, -0.2) is 9.37 Å². The molecule has 0 saturated carbocycles. The number of nitrogens with zero attached hydrogens (tertiary/aromatic N) is 1. The molecular weight excluding hydrogens is 247 g/mol. The fourth-order valence-corrected chi connectivity index (χ4v) is 2.83. The zero-order valence-corrected chi connectivity index (χ0v) is 11.6. The van der Waals surface area contributed by atoms with Gasteiger partial charge >= 0.3 is 0 Å². The molecule has 0 aliphatic rings. The molecule has 1 atom stereocenters. The number of hydrogen-bond acceptors (Lipinski definition) is 3. The summed E-state index contributed by atoms with van der Waals surface area (Å²) in [5.74, 6) is -0.197. The first-order valence-corrected chi connectivity index (χ1v) is 6.79. The average Bonchev–Trinajstić information content (AvgIpc) is 2.67. The molecule has 1 aromatic carbocycles. The zero-order valence-electron chi connectivity index (χ0n) is 10.8. The van der Waals surface area contributed by atoms with Crippen LogP contribution in [0.2, 0.25) is 0 Å². The van der Waals surface area contributed by atoms with Crippen molar-refractivity contribution in [3.8, 4) is 0 Å². The number of aryl methyl sites for hydroxylation is 2. The minimum Gasteiger partial charge on any atom is -0.305 e. The summed E-state index contributed by atoms with van der Waals surface area (Å²) < 4.78 is 12.8. The summed E-state index contributed by atoms with van der Waals surface area (Å²) in [6, 6.07) is 6.78. The van der Waals surface area contributed by atoms with Gasteiger partial charge in [-0.3, -0.25) is 0 Å². The van der Waals surface area contributed by atoms with Crippen molar-refractivity contribution in [1.82, 2.24) is 10.3 Å². The molecule has 2 rings (SSSR count). The van der Waals surface area contributed by atoms with E-state index < -0.39 is 0 Å². The third kappa shape index (κ3) is 3.15. The average molecular weight is 264 g/mol. The predicted octanol–water partition coefficient (Wildman–Crippen LogP) is 3.75. The lowest BCUT2D eigenvalue weighted by Gasteiger charge is -2.12. The van der Waals surface area contributed by atoms with Crippen LogP contribution in [-0.4, -0.2) is 4.98 Å². The Kier molecular flexibility index (Phi) is 4.09. The molecule has 1 aromatic heterocycles. The van der Waals surface area contributed by atoms with E-state index in [4.69, 9.17) is 0 Å². The lowest BCUT2D eigenvalue weighted by Crippen LogP contribution is -2.19. The van der Waals surface area contributed by atoms with E-state index in [0.29, 0.717) is 0 Å². The summed E-state index contributed by atoms with van der Waals surface area (Å²) in [4.78, 5) is 5.79. The molecule has 1 N–H and O–H groups in total. The lowest BCUT2D eigenvalue weighted by molar-refractivity contribution is 0.559. The number of thiazole rings is 1. The van der Waals surface area contributed by atoms with E-state index in [1.54, 1.807) is 23.5 Å². The number of aromatic nitrogens is 1. The third-order valence-electron chi connectivity index (χ3n) is 2.88. The summed E-state index contributed by atoms with van der Waals surface area (Å²) in [5.41, 5.74) is 2.19. The topological polar surface area (TPSA) is 24.9 Å². The Morgan fingerprint density at radius 3 is 2.50 bits per heavy atom. The molecule has 0 radical (unpaired) electrons. The van der Waals surface area contributed by atoms with Crippen LogP contribution in [0, 0.1) is 19.7 Å². The molecule has 0 saturated heterocycles. The van der Waals surface area contributed by atoms with Gasteiger partial charge in [-0.2, -0.15) is 0 Å². The third-order valence-corrected chi connectivity index (χ3v) is 3.78. The first kappa shape index (κ1) is 13.2. The van der Waals surface area contributed by atoms with Crippen LogP contribution in [-0.2, 0) is 6.54 Å². The highest BCUT2D eigenvalue weighted by molar-refractivity contribution is 7.11. The fourth-order valence-electron chi connectivity index (χ4n) is 1.92. The number of hydrogen-bond donors (Lipinski definition) is 1. The molecule has 1 unspecified atom stereocenters. The van der Waals surface area contributed by atoms with Crippen molar-refractivity contribution in [2.75, 3.05) is 0 Å². The quantitative estimate of drug-likeness (QED) is 0.909. The first-order chi connectivity index (χ1) is 8.56. The van der Waals surface area contributed by atoms with E-state index in [1.807, 2.05) is 6.92 Å². The first-order valence-electron chi connectivity index (χ1n) is 5.98. The SMILES string of the molecule is Cc1nc(C(C)NCc2ccc(F)cc2)c(C)s1. The van der Waals surface area contributed by atoms with Crippen LogP contribution in [0.4, 0.5) is 4.39 Å². The summed E-state index contributed by atoms with van der Waals surface area (Å²) in [7, 11) is 0. The Morgan fingerprint density at radius 2 is 1.94 bits per heavy atom. The Bertz CT molecular complexity index is 519. The lowest BCUT2D eigenvalue weighted by atomic mass is 10.2. The Labute approximate surface area is 111 Å². The second-order valence-corrected chi connectivity index (χ2v) is 5.81. The molecule has 4 heteroatoms. The molecule has 0 amide bonds. The minimum atomic E-state index is -0.197. The maximum Gasteiger partial charge on any atom is 0.123 e. The van der Waals surface area contributed by atoms with Crippen molar-refractivity contribution in [3.63, 3.8) is 0 Å². The van der Waals surface area contributed by atoms with Gasteiger partial charge in [0.2, 0.25) is 0 Å². The van der Waals surface area contributed by atoms with E-state index in [0.717, 1.165) is 22.8 Å². The molecule has 0 spiro atoms. The molecule has 0 aliphatic carbocycles. The van der Waals surface area contributed by atoms with E-state index >= 15 is 0 Å². The van der Waals surface area contributed by atoms with Crippen molar-refractivity contribution in [1.29, 1.82) is 0 Å². The van der Waals surface area contributed by atoms with Crippen LogP contribution in [0.1, 0.15) is 34.1 Å². The Hall–Kier alpha value is -1.26. The highest BCUT2D eigenvalue weighted by Crippen LogP contribution is 2.22. The minimum absolute atomic E-state index is 0.197. The normalized spacial score (nSPS) is 12.7. The highest BCUT2D eigenvalue weighted by Gasteiger charge is 2.12. The van der Waals surface area contributed by atoms with Gasteiger partial charge in [0.25, 0.3) is 0 Å². The van der Waals surface area contributed by atoms with Crippen LogP contribution < -0.4 is 5.32 Å². The van der Waals surface area contributed by atoms with E-state index in [2.05, 4.69) is 24.1 Å². The van der Waals surface area contributed by atoms with Gasteiger partial charge in [0.1, 0.15) is 5.82 Å². The number of benzene rings is 1. The van der Waals surface area contributed by atoms with Crippen LogP contribution in [0.25, 0.3) is 0 Å². The molecule has 1 heterocycles. The molecule has 2 nitrogen and oxygen atoms in total. The second-order valence-electron chi connectivity index (χ2n) is 4.40.